The third kappa shape index (κ3) is 4.15. The average Bonchev–Trinajstić information content (AvgIpc) is 2.75. The van der Waals surface area contributed by atoms with Crippen LogP contribution in [0.25, 0.3) is 0 Å². The second-order valence-corrected chi connectivity index (χ2v) is 9.33. The molecule has 0 unspecified atom stereocenters. The van der Waals surface area contributed by atoms with E-state index in [1.54, 1.807) is 0 Å². The van der Waals surface area contributed by atoms with Crippen LogP contribution in [-0.4, -0.2) is 10.7 Å². The Balaban J connectivity index is 1.76. The molecule has 2 nitrogen and oxygen atoms in total. The third-order valence-electron chi connectivity index (χ3n) is 6.72. The first-order chi connectivity index (χ1) is 14.4. The molecule has 0 aliphatic carbocycles. The number of rotatable bonds is 4. The van der Waals surface area contributed by atoms with Crippen molar-refractivity contribution in [2.24, 2.45) is 11.8 Å². The molecule has 0 bridgehead atoms. The van der Waals surface area contributed by atoms with E-state index in [9.17, 15) is 5.11 Å². The largest absolute Gasteiger partial charge is 0.389 e. The molecule has 1 aliphatic rings. The van der Waals surface area contributed by atoms with Gasteiger partial charge in [-0.2, -0.15) is 0 Å². The molecule has 4 rings (SSSR count). The lowest BCUT2D eigenvalue weighted by atomic mass is 9.64. The molecule has 1 aliphatic heterocycles. The molecule has 0 radical (unpaired) electrons. The Morgan fingerprint density at radius 3 is 1.60 bits per heavy atom. The highest BCUT2D eigenvalue weighted by molar-refractivity contribution is 6.30. The van der Waals surface area contributed by atoms with Gasteiger partial charge in [0.2, 0.25) is 0 Å². The Bertz CT molecular complexity index is 915. The van der Waals surface area contributed by atoms with Crippen LogP contribution in [0.1, 0.15) is 42.6 Å². The van der Waals surface area contributed by atoms with Crippen LogP contribution in [-0.2, 0) is 6.42 Å². The van der Waals surface area contributed by atoms with Crippen molar-refractivity contribution in [1.82, 2.24) is 5.32 Å². The number of piperidine rings is 1. The van der Waals surface area contributed by atoms with Gasteiger partial charge in [-0.3, -0.25) is 0 Å². The number of hydrogen-bond acceptors (Lipinski definition) is 2. The summed E-state index contributed by atoms with van der Waals surface area (Å²) in [6.45, 7) is 4.29. The third-order valence-corrected chi connectivity index (χ3v) is 7.23. The summed E-state index contributed by atoms with van der Waals surface area (Å²) < 4.78 is 0. The van der Waals surface area contributed by atoms with E-state index in [0.717, 1.165) is 16.7 Å². The number of nitrogens with one attached hydrogen (secondary N) is 1. The zero-order valence-corrected chi connectivity index (χ0v) is 18.7. The maximum Gasteiger partial charge on any atom is 0.0774 e. The van der Waals surface area contributed by atoms with E-state index in [1.165, 1.54) is 0 Å². The Hall–Kier alpha value is -1.84. The van der Waals surface area contributed by atoms with E-state index < -0.39 is 5.60 Å². The Morgan fingerprint density at radius 2 is 1.17 bits per heavy atom. The van der Waals surface area contributed by atoms with Crippen molar-refractivity contribution in [3.8, 4) is 0 Å². The van der Waals surface area contributed by atoms with Crippen LogP contribution < -0.4 is 5.32 Å². The summed E-state index contributed by atoms with van der Waals surface area (Å²) in [5.74, 6) is -0.00476. The maximum atomic E-state index is 12.1. The molecule has 4 heteroatoms. The van der Waals surface area contributed by atoms with E-state index in [2.05, 4.69) is 31.3 Å². The smallest absolute Gasteiger partial charge is 0.0774 e. The van der Waals surface area contributed by atoms with Crippen LogP contribution in [0.3, 0.4) is 0 Å². The predicted molar refractivity (Wildman–Crippen MR) is 125 cm³/mol. The van der Waals surface area contributed by atoms with Crippen molar-refractivity contribution in [2.45, 2.75) is 38.0 Å². The van der Waals surface area contributed by atoms with Crippen molar-refractivity contribution in [3.05, 3.63) is 106 Å². The second-order valence-electron chi connectivity index (χ2n) is 8.46. The second kappa shape index (κ2) is 8.72. The highest BCUT2D eigenvalue weighted by Gasteiger charge is 2.51. The molecule has 1 heterocycles. The topological polar surface area (TPSA) is 32.3 Å². The van der Waals surface area contributed by atoms with Gasteiger partial charge in [0, 0.05) is 40.4 Å². The first-order valence-electron chi connectivity index (χ1n) is 10.4. The summed E-state index contributed by atoms with van der Waals surface area (Å²) in [4.78, 5) is 0. The van der Waals surface area contributed by atoms with Gasteiger partial charge in [-0.25, -0.2) is 0 Å². The van der Waals surface area contributed by atoms with Gasteiger partial charge in [0.25, 0.3) is 0 Å². The SMILES string of the molecule is C[C@H]1[C@@H](c2ccc(Cl)cc2)N[C@H](c2ccc(Cl)cc2)[C@H](C)C1(O)Cc1ccccc1. The van der Waals surface area contributed by atoms with Crippen LogP contribution in [0.15, 0.2) is 78.9 Å². The Morgan fingerprint density at radius 1 is 0.733 bits per heavy atom. The van der Waals surface area contributed by atoms with Crippen molar-refractivity contribution in [2.75, 3.05) is 0 Å². The molecule has 0 amide bonds. The molecule has 2 N–H and O–H groups in total. The van der Waals surface area contributed by atoms with Gasteiger partial charge >= 0.3 is 0 Å². The van der Waals surface area contributed by atoms with E-state index in [0.29, 0.717) is 16.5 Å². The molecule has 0 saturated carbocycles. The van der Waals surface area contributed by atoms with Gasteiger partial charge in [-0.15, -0.1) is 0 Å². The van der Waals surface area contributed by atoms with E-state index >= 15 is 0 Å². The molecule has 156 valence electrons. The summed E-state index contributed by atoms with van der Waals surface area (Å²) in [6, 6.07) is 26.1. The van der Waals surface area contributed by atoms with Crippen molar-refractivity contribution in [1.29, 1.82) is 0 Å². The molecule has 0 aromatic heterocycles. The predicted octanol–water partition coefficient (Wildman–Crippen LogP) is 6.63. The zero-order valence-electron chi connectivity index (χ0n) is 17.2. The normalized spacial score (nSPS) is 29.0. The highest BCUT2D eigenvalue weighted by Crippen LogP contribution is 2.48. The van der Waals surface area contributed by atoms with E-state index in [-0.39, 0.29) is 23.9 Å². The summed E-state index contributed by atoms with van der Waals surface area (Å²) in [7, 11) is 0. The summed E-state index contributed by atoms with van der Waals surface area (Å²) in [5.41, 5.74) is 2.51. The van der Waals surface area contributed by atoms with Gasteiger partial charge in [0.05, 0.1) is 5.60 Å². The first-order valence-corrected chi connectivity index (χ1v) is 11.2. The summed E-state index contributed by atoms with van der Waals surface area (Å²) >= 11 is 12.3. The molecule has 1 saturated heterocycles. The van der Waals surface area contributed by atoms with E-state index in [1.807, 2.05) is 66.7 Å². The minimum atomic E-state index is -0.888. The quantitative estimate of drug-likeness (QED) is 0.478. The van der Waals surface area contributed by atoms with Crippen molar-refractivity contribution < 1.29 is 5.11 Å². The highest BCUT2D eigenvalue weighted by atomic mass is 35.5. The monoisotopic (exact) mass is 439 g/mol. The van der Waals surface area contributed by atoms with Crippen molar-refractivity contribution >= 4 is 23.2 Å². The van der Waals surface area contributed by atoms with Crippen LogP contribution in [0.5, 0.6) is 0 Å². The van der Waals surface area contributed by atoms with Crippen LogP contribution in [0.4, 0.5) is 0 Å². The minimum absolute atomic E-state index is 0.00238. The van der Waals surface area contributed by atoms with Gasteiger partial charge in [-0.05, 0) is 41.0 Å². The van der Waals surface area contributed by atoms with Crippen LogP contribution >= 0.6 is 23.2 Å². The molecule has 3 aromatic carbocycles. The fourth-order valence-electron chi connectivity index (χ4n) is 4.83. The fraction of sp³-hybridized carbons (Fsp3) is 0.308. The summed E-state index contributed by atoms with van der Waals surface area (Å²) in [5, 5.41) is 17.4. The van der Waals surface area contributed by atoms with Gasteiger partial charge in [0.1, 0.15) is 0 Å². The molecule has 0 spiro atoms. The van der Waals surface area contributed by atoms with E-state index in [4.69, 9.17) is 23.2 Å². The summed E-state index contributed by atoms with van der Waals surface area (Å²) in [6.07, 6.45) is 0.603. The molecular formula is C26H27Cl2NO. The van der Waals surface area contributed by atoms with Gasteiger partial charge in [-0.1, -0.05) is 91.6 Å². The Labute approximate surface area is 188 Å². The lowest BCUT2D eigenvalue weighted by Gasteiger charge is -2.52. The molecule has 3 aromatic rings. The molecule has 1 fully saturated rings. The zero-order chi connectivity index (χ0) is 21.3. The Kier molecular flexibility index (Phi) is 6.22. The number of halogens is 2. The number of benzene rings is 3. The molecular weight excluding hydrogens is 413 g/mol. The lowest BCUT2D eigenvalue weighted by molar-refractivity contribution is -0.110. The minimum Gasteiger partial charge on any atom is -0.389 e. The average molecular weight is 440 g/mol. The molecule has 30 heavy (non-hydrogen) atoms. The van der Waals surface area contributed by atoms with Crippen LogP contribution in [0, 0.1) is 11.8 Å². The van der Waals surface area contributed by atoms with Crippen molar-refractivity contribution in [3.63, 3.8) is 0 Å². The number of hydrogen-bond donors (Lipinski definition) is 2. The maximum absolute atomic E-state index is 12.1. The molecule has 4 atom stereocenters. The number of aliphatic hydroxyl groups is 1. The lowest BCUT2D eigenvalue weighted by Crippen LogP contribution is -2.58. The fourth-order valence-corrected chi connectivity index (χ4v) is 5.08. The first kappa shape index (κ1) is 21.4. The van der Waals surface area contributed by atoms with Crippen LogP contribution in [0.2, 0.25) is 10.0 Å². The van der Waals surface area contributed by atoms with Gasteiger partial charge in [0.15, 0.2) is 0 Å². The standard InChI is InChI=1S/C26H27Cl2NO/c1-17-24(20-8-12-22(27)13-9-20)29-25(21-10-14-23(28)15-11-21)18(2)26(17,30)16-19-6-4-3-5-7-19/h3-15,17-18,24-25,29-30H,16H2,1-2H3/t17-,18-,24-,25-/m0/s1. The van der Waals surface area contributed by atoms with Gasteiger partial charge < -0.3 is 10.4 Å².